The van der Waals surface area contributed by atoms with E-state index in [1.165, 1.54) is 6.20 Å². The quantitative estimate of drug-likeness (QED) is 0.400. The zero-order chi connectivity index (χ0) is 9.26. The first-order valence-corrected chi connectivity index (χ1v) is 3.43. The van der Waals surface area contributed by atoms with Crippen LogP contribution in [0.3, 0.4) is 0 Å². The number of carbonyl (C=O) groups excluding carboxylic acids is 1. The number of rotatable bonds is 1. The molecular formula is C6H4N6O. The Morgan fingerprint density at radius 2 is 2.62 bits per heavy atom. The van der Waals surface area contributed by atoms with Gasteiger partial charge in [0.05, 0.1) is 5.56 Å². The molecule has 0 spiro atoms. The Bertz CT molecular complexity index is 502. The number of azide groups is 1. The minimum atomic E-state index is -0.639. The van der Waals surface area contributed by atoms with Gasteiger partial charge in [0.25, 0.3) is 5.91 Å². The summed E-state index contributed by atoms with van der Waals surface area (Å²) in [4.78, 5) is 17.4. The van der Waals surface area contributed by atoms with Crippen LogP contribution in [-0.2, 0) is 0 Å². The van der Waals surface area contributed by atoms with Crippen molar-refractivity contribution in [3.8, 4) is 0 Å². The van der Waals surface area contributed by atoms with Crippen LogP contribution in [0.25, 0.3) is 16.1 Å². The number of nitrogens with zero attached hydrogens (tertiary/aromatic N) is 5. The van der Waals surface area contributed by atoms with E-state index in [0.29, 0.717) is 5.65 Å². The van der Waals surface area contributed by atoms with Crippen molar-refractivity contribution < 1.29 is 4.79 Å². The first kappa shape index (κ1) is 7.38. The molecule has 7 heteroatoms. The molecule has 1 amide bonds. The number of hydrogen-bond acceptors (Lipinski definition) is 2. The highest BCUT2D eigenvalue weighted by molar-refractivity contribution is 6.00. The highest BCUT2D eigenvalue weighted by Crippen LogP contribution is 2.08. The lowest BCUT2D eigenvalue weighted by Crippen LogP contribution is -1.91. The van der Waals surface area contributed by atoms with E-state index < -0.39 is 5.91 Å². The largest absolute Gasteiger partial charge is 0.299 e. The molecule has 2 aromatic rings. The number of aromatic amines is 1. The van der Waals surface area contributed by atoms with E-state index in [4.69, 9.17) is 5.53 Å². The van der Waals surface area contributed by atoms with Gasteiger partial charge in [-0.1, -0.05) is 0 Å². The average Bonchev–Trinajstić information content (AvgIpc) is 2.62. The number of imidazole rings is 1. The molecule has 0 aliphatic heterocycles. The van der Waals surface area contributed by atoms with Gasteiger partial charge in [0.1, 0.15) is 0 Å². The molecular weight excluding hydrogens is 172 g/mol. The monoisotopic (exact) mass is 176 g/mol. The van der Waals surface area contributed by atoms with Gasteiger partial charge in [-0.15, -0.1) is 0 Å². The lowest BCUT2D eigenvalue weighted by atomic mass is 10.3. The minimum absolute atomic E-state index is 0.266. The predicted octanol–water partition coefficient (Wildman–Crippen LogP) is 1.11. The number of carbonyl (C=O) groups is 1. The number of H-pyrrole nitrogens is 1. The summed E-state index contributed by atoms with van der Waals surface area (Å²) in [6.45, 7) is 0. The van der Waals surface area contributed by atoms with Crippen LogP contribution in [0, 0.1) is 0 Å². The first-order valence-electron chi connectivity index (χ1n) is 3.43. The Morgan fingerprint density at radius 1 is 1.77 bits per heavy atom. The zero-order valence-electron chi connectivity index (χ0n) is 6.38. The molecule has 0 aliphatic rings. The molecule has 0 radical (unpaired) electrons. The second-order valence-electron chi connectivity index (χ2n) is 2.30. The van der Waals surface area contributed by atoms with Crippen LogP contribution in [0.2, 0.25) is 0 Å². The molecule has 7 nitrogen and oxygen atoms in total. The SMILES string of the molecule is [N-]=[N+]=NC(=O)c1c[nH]n2ccnc12. The van der Waals surface area contributed by atoms with Crippen LogP contribution in [0.15, 0.2) is 23.7 Å². The van der Waals surface area contributed by atoms with Gasteiger partial charge >= 0.3 is 0 Å². The van der Waals surface area contributed by atoms with Gasteiger partial charge in [-0.2, -0.15) is 0 Å². The molecule has 64 valence electrons. The summed E-state index contributed by atoms with van der Waals surface area (Å²) in [5.41, 5.74) is 8.78. The van der Waals surface area contributed by atoms with E-state index in [1.54, 1.807) is 16.9 Å². The van der Waals surface area contributed by atoms with Crippen LogP contribution in [0.4, 0.5) is 0 Å². The summed E-state index contributed by atoms with van der Waals surface area (Å²) in [5, 5.41) is 5.72. The fourth-order valence-electron chi connectivity index (χ4n) is 1.06. The van der Waals surface area contributed by atoms with Crippen molar-refractivity contribution in [2.75, 3.05) is 0 Å². The third-order valence-electron chi connectivity index (χ3n) is 1.60. The fourth-order valence-corrected chi connectivity index (χ4v) is 1.06. The summed E-state index contributed by atoms with van der Waals surface area (Å²) < 4.78 is 1.56. The van der Waals surface area contributed by atoms with Crippen molar-refractivity contribution in [3.63, 3.8) is 0 Å². The molecule has 1 N–H and O–H groups in total. The molecule has 0 aliphatic carbocycles. The second kappa shape index (κ2) is 2.65. The van der Waals surface area contributed by atoms with E-state index in [9.17, 15) is 4.79 Å². The van der Waals surface area contributed by atoms with Gasteiger partial charge in [-0.25, -0.2) is 9.50 Å². The standard InChI is InChI=1S/C6H4N6O/c7-11-10-6(13)4-3-9-12-2-1-8-5(4)12/h1-3,9H. The fraction of sp³-hybridized carbons (Fsp3) is 0. The molecule has 0 aromatic carbocycles. The molecule has 0 saturated heterocycles. The van der Waals surface area contributed by atoms with Gasteiger partial charge < -0.3 is 0 Å². The van der Waals surface area contributed by atoms with Crippen LogP contribution in [0.1, 0.15) is 10.4 Å². The normalized spacial score (nSPS) is 9.85. The Kier molecular flexibility index (Phi) is 1.50. The number of amides is 1. The van der Waals surface area contributed by atoms with E-state index in [0.717, 1.165) is 0 Å². The van der Waals surface area contributed by atoms with Gasteiger partial charge in [0, 0.05) is 23.5 Å². The maximum atomic E-state index is 11.1. The summed E-state index contributed by atoms with van der Waals surface area (Å²) in [6, 6.07) is 0. The van der Waals surface area contributed by atoms with Crippen LogP contribution in [0.5, 0.6) is 0 Å². The van der Waals surface area contributed by atoms with Crippen LogP contribution in [-0.4, -0.2) is 20.5 Å². The van der Waals surface area contributed by atoms with Crippen molar-refractivity contribution in [2.24, 2.45) is 5.11 Å². The number of fused-ring (bicyclic) bond motifs is 1. The molecule has 2 heterocycles. The average molecular weight is 176 g/mol. The lowest BCUT2D eigenvalue weighted by molar-refractivity contribution is 0.100. The van der Waals surface area contributed by atoms with E-state index in [-0.39, 0.29) is 5.56 Å². The summed E-state index contributed by atoms with van der Waals surface area (Å²) in [6.07, 6.45) is 4.64. The highest BCUT2D eigenvalue weighted by Gasteiger charge is 2.10. The Morgan fingerprint density at radius 3 is 3.38 bits per heavy atom. The molecule has 0 fully saturated rings. The predicted molar refractivity (Wildman–Crippen MR) is 43.0 cm³/mol. The van der Waals surface area contributed by atoms with Crippen molar-refractivity contribution in [1.29, 1.82) is 0 Å². The van der Waals surface area contributed by atoms with Crippen LogP contribution < -0.4 is 0 Å². The summed E-state index contributed by atoms with van der Waals surface area (Å²) in [5.74, 6) is -0.639. The second-order valence-corrected chi connectivity index (χ2v) is 2.30. The zero-order valence-corrected chi connectivity index (χ0v) is 6.38. The van der Waals surface area contributed by atoms with E-state index in [1.807, 2.05) is 0 Å². The Balaban J connectivity index is 2.60. The van der Waals surface area contributed by atoms with Crippen molar-refractivity contribution in [2.45, 2.75) is 0 Å². The van der Waals surface area contributed by atoms with Crippen LogP contribution >= 0.6 is 0 Å². The minimum Gasteiger partial charge on any atom is -0.299 e. The van der Waals surface area contributed by atoms with E-state index in [2.05, 4.69) is 20.1 Å². The van der Waals surface area contributed by atoms with Crippen molar-refractivity contribution in [3.05, 3.63) is 34.6 Å². The number of nitrogens with one attached hydrogen (secondary N) is 1. The molecule has 0 atom stereocenters. The van der Waals surface area contributed by atoms with Gasteiger partial charge in [-0.3, -0.25) is 9.89 Å². The molecule has 2 rings (SSSR count). The molecule has 0 saturated carbocycles. The molecule has 0 bridgehead atoms. The molecule has 0 unspecified atom stereocenters. The van der Waals surface area contributed by atoms with Crippen molar-refractivity contribution in [1.82, 2.24) is 14.6 Å². The topological polar surface area (TPSA) is 98.9 Å². The van der Waals surface area contributed by atoms with Gasteiger partial charge in [-0.05, 0) is 10.6 Å². The molecule has 13 heavy (non-hydrogen) atoms. The smallest absolute Gasteiger partial charge is 0.254 e. The number of hydrogen-bond donors (Lipinski definition) is 1. The molecule has 2 aromatic heterocycles. The number of aromatic nitrogens is 3. The van der Waals surface area contributed by atoms with Gasteiger partial charge in [0.15, 0.2) is 5.65 Å². The van der Waals surface area contributed by atoms with E-state index >= 15 is 0 Å². The lowest BCUT2D eigenvalue weighted by Gasteiger charge is -1.84. The Hall–Kier alpha value is -2.27. The maximum absolute atomic E-state index is 11.1. The summed E-state index contributed by atoms with van der Waals surface area (Å²) in [7, 11) is 0. The first-order chi connectivity index (χ1) is 6.33. The van der Waals surface area contributed by atoms with Gasteiger partial charge in [0.2, 0.25) is 0 Å². The highest BCUT2D eigenvalue weighted by atomic mass is 16.1. The maximum Gasteiger partial charge on any atom is 0.254 e. The third kappa shape index (κ3) is 1.03. The Labute approximate surface area is 71.6 Å². The summed E-state index contributed by atoms with van der Waals surface area (Å²) >= 11 is 0. The van der Waals surface area contributed by atoms with Crippen molar-refractivity contribution >= 4 is 11.6 Å². The third-order valence-corrected chi connectivity index (χ3v) is 1.60.